The number of rotatable bonds is 5. The van der Waals surface area contributed by atoms with Crippen molar-refractivity contribution in [2.24, 2.45) is 0 Å². The van der Waals surface area contributed by atoms with Crippen LogP contribution in [0.4, 0.5) is 0 Å². The summed E-state index contributed by atoms with van der Waals surface area (Å²) in [7, 11) is 0. The highest BCUT2D eigenvalue weighted by Crippen LogP contribution is 2.38. The lowest BCUT2D eigenvalue weighted by Gasteiger charge is -2.09. The van der Waals surface area contributed by atoms with Crippen LogP contribution >= 0.6 is 0 Å². The second kappa shape index (κ2) is 5.38. The maximum absolute atomic E-state index is 2.32. The summed E-state index contributed by atoms with van der Waals surface area (Å²) in [4.78, 5) is 0. The van der Waals surface area contributed by atoms with E-state index in [4.69, 9.17) is 0 Å². The minimum Gasteiger partial charge on any atom is -0.0658 e. The molecule has 0 radical (unpaired) electrons. The van der Waals surface area contributed by atoms with Gasteiger partial charge in [0.1, 0.15) is 0 Å². The fourth-order valence-electron chi connectivity index (χ4n) is 2.53. The third-order valence-electron chi connectivity index (χ3n) is 3.21. The quantitative estimate of drug-likeness (QED) is 0.574. The fourth-order valence-corrected chi connectivity index (χ4v) is 2.53. The van der Waals surface area contributed by atoms with Crippen molar-refractivity contribution in [2.75, 3.05) is 0 Å². The molecule has 0 bridgehead atoms. The van der Waals surface area contributed by atoms with Crippen molar-refractivity contribution in [3.63, 3.8) is 0 Å². The van der Waals surface area contributed by atoms with E-state index in [1.54, 1.807) is 22.3 Å². The Labute approximate surface area is 89.1 Å². The molecule has 0 spiro atoms. The van der Waals surface area contributed by atoms with Crippen LogP contribution in [0.15, 0.2) is 22.3 Å². The molecular weight excluding hydrogens is 168 g/mol. The van der Waals surface area contributed by atoms with Gasteiger partial charge in [-0.1, -0.05) is 44.8 Å². The van der Waals surface area contributed by atoms with Crippen LogP contribution in [0.5, 0.6) is 0 Å². The van der Waals surface area contributed by atoms with Gasteiger partial charge < -0.3 is 0 Å². The molecule has 0 aromatic carbocycles. The molecule has 0 nitrogen and oxygen atoms in total. The van der Waals surface area contributed by atoms with Gasteiger partial charge in [-0.15, -0.1) is 0 Å². The summed E-state index contributed by atoms with van der Waals surface area (Å²) >= 11 is 0. The van der Waals surface area contributed by atoms with Crippen molar-refractivity contribution < 1.29 is 0 Å². The van der Waals surface area contributed by atoms with Crippen LogP contribution in [0.2, 0.25) is 0 Å². The predicted octanol–water partition coefficient (Wildman–Crippen LogP) is 5.01. The Bertz CT molecular complexity index is 253. The molecule has 0 aromatic heterocycles. The molecule has 0 unspecified atom stereocenters. The van der Waals surface area contributed by atoms with Gasteiger partial charge in [0.05, 0.1) is 0 Å². The minimum atomic E-state index is 1.25. The molecule has 0 heterocycles. The predicted molar refractivity (Wildman–Crippen MR) is 64.5 cm³/mol. The Hall–Kier alpha value is -0.520. The van der Waals surface area contributed by atoms with Crippen molar-refractivity contribution in [1.82, 2.24) is 0 Å². The number of allylic oxidation sites excluding steroid dienone is 4. The smallest absolute Gasteiger partial charge is 0.00995 e. The van der Waals surface area contributed by atoms with Gasteiger partial charge in [-0.25, -0.2) is 0 Å². The Morgan fingerprint density at radius 2 is 1.50 bits per heavy atom. The summed E-state index contributed by atoms with van der Waals surface area (Å²) in [5, 5.41) is 0. The van der Waals surface area contributed by atoms with Gasteiger partial charge in [-0.05, 0) is 43.8 Å². The molecule has 0 heteroatoms. The van der Waals surface area contributed by atoms with E-state index in [-0.39, 0.29) is 0 Å². The highest BCUT2D eigenvalue weighted by Gasteiger charge is 2.18. The van der Waals surface area contributed by atoms with Gasteiger partial charge >= 0.3 is 0 Å². The first-order chi connectivity index (χ1) is 6.74. The lowest BCUT2D eigenvalue weighted by Crippen LogP contribution is -1.90. The minimum absolute atomic E-state index is 1.25. The Morgan fingerprint density at radius 3 is 2.00 bits per heavy atom. The first-order valence-electron chi connectivity index (χ1n) is 6.14. The van der Waals surface area contributed by atoms with Crippen LogP contribution in [0.1, 0.15) is 66.2 Å². The molecule has 1 aliphatic carbocycles. The number of hydrogen-bond acceptors (Lipinski definition) is 0. The lowest BCUT2D eigenvalue weighted by atomic mass is 9.96. The van der Waals surface area contributed by atoms with E-state index in [0.29, 0.717) is 0 Å². The van der Waals surface area contributed by atoms with E-state index in [0.717, 1.165) is 0 Å². The Morgan fingerprint density at radius 1 is 0.929 bits per heavy atom. The SMILES string of the molecule is CCCC1=C(C)CC(CC)=C1CCC. The maximum atomic E-state index is 2.32. The van der Waals surface area contributed by atoms with Gasteiger partial charge in [0.15, 0.2) is 0 Å². The third-order valence-corrected chi connectivity index (χ3v) is 3.21. The Balaban J connectivity index is 2.86. The average Bonchev–Trinajstić information content (AvgIpc) is 2.47. The molecule has 0 atom stereocenters. The Kier molecular flexibility index (Phi) is 4.44. The van der Waals surface area contributed by atoms with Gasteiger partial charge in [0, 0.05) is 0 Å². The van der Waals surface area contributed by atoms with E-state index in [1.807, 2.05) is 0 Å². The zero-order valence-corrected chi connectivity index (χ0v) is 10.2. The molecule has 1 rings (SSSR count). The van der Waals surface area contributed by atoms with Crippen molar-refractivity contribution in [1.29, 1.82) is 0 Å². The molecule has 0 amide bonds. The monoisotopic (exact) mass is 192 g/mol. The molecule has 0 N–H and O–H groups in total. The average molecular weight is 192 g/mol. The van der Waals surface area contributed by atoms with E-state index < -0.39 is 0 Å². The van der Waals surface area contributed by atoms with E-state index in [1.165, 1.54) is 38.5 Å². The molecule has 14 heavy (non-hydrogen) atoms. The zero-order chi connectivity index (χ0) is 10.6. The van der Waals surface area contributed by atoms with Crippen molar-refractivity contribution in [3.05, 3.63) is 22.3 Å². The van der Waals surface area contributed by atoms with Crippen molar-refractivity contribution in [3.8, 4) is 0 Å². The summed E-state index contributed by atoms with van der Waals surface area (Å²) in [6.07, 6.45) is 7.69. The van der Waals surface area contributed by atoms with Crippen molar-refractivity contribution >= 4 is 0 Å². The van der Waals surface area contributed by atoms with Crippen LogP contribution in [0.3, 0.4) is 0 Å². The van der Waals surface area contributed by atoms with E-state index in [9.17, 15) is 0 Å². The molecule has 0 saturated carbocycles. The highest BCUT2D eigenvalue weighted by atomic mass is 14.2. The van der Waals surface area contributed by atoms with Gasteiger partial charge in [0.25, 0.3) is 0 Å². The standard InChI is InChI=1S/C14H24/c1-5-8-13-11(4)10-12(7-3)14(13)9-6-2/h5-10H2,1-4H3. The highest BCUT2D eigenvalue weighted by molar-refractivity contribution is 5.46. The van der Waals surface area contributed by atoms with Crippen molar-refractivity contribution in [2.45, 2.75) is 66.2 Å². The van der Waals surface area contributed by atoms with Crippen LogP contribution in [-0.4, -0.2) is 0 Å². The summed E-state index contributed by atoms with van der Waals surface area (Å²) in [5.41, 5.74) is 6.78. The molecule has 0 fully saturated rings. The van der Waals surface area contributed by atoms with E-state index in [2.05, 4.69) is 27.7 Å². The summed E-state index contributed by atoms with van der Waals surface area (Å²) in [5.74, 6) is 0. The normalized spacial score (nSPS) is 17.1. The van der Waals surface area contributed by atoms with E-state index >= 15 is 0 Å². The molecule has 0 saturated heterocycles. The maximum Gasteiger partial charge on any atom is -0.00995 e. The zero-order valence-electron chi connectivity index (χ0n) is 10.2. The van der Waals surface area contributed by atoms with Crippen LogP contribution < -0.4 is 0 Å². The molecule has 0 aromatic rings. The molecule has 0 aliphatic heterocycles. The van der Waals surface area contributed by atoms with Crippen LogP contribution in [0.25, 0.3) is 0 Å². The van der Waals surface area contributed by atoms with Gasteiger partial charge in [0.2, 0.25) is 0 Å². The first kappa shape index (κ1) is 11.6. The lowest BCUT2D eigenvalue weighted by molar-refractivity contribution is 0.843. The van der Waals surface area contributed by atoms with Gasteiger partial charge in [-0.3, -0.25) is 0 Å². The largest absolute Gasteiger partial charge is 0.0658 e. The summed E-state index contributed by atoms with van der Waals surface area (Å²) in [6.45, 7) is 9.20. The third kappa shape index (κ3) is 2.29. The fraction of sp³-hybridized carbons (Fsp3) is 0.714. The number of hydrogen-bond donors (Lipinski definition) is 0. The second-order valence-electron chi connectivity index (χ2n) is 4.37. The van der Waals surface area contributed by atoms with Gasteiger partial charge in [-0.2, -0.15) is 0 Å². The second-order valence-corrected chi connectivity index (χ2v) is 4.37. The molecular formula is C14H24. The summed E-state index contributed by atoms with van der Waals surface area (Å²) in [6, 6.07) is 0. The summed E-state index contributed by atoms with van der Waals surface area (Å²) < 4.78 is 0. The van der Waals surface area contributed by atoms with Crippen LogP contribution in [-0.2, 0) is 0 Å². The molecule has 80 valence electrons. The van der Waals surface area contributed by atoms with Crippen LogP contribution in [0, 0.1) is 0 Å². The first-order valence-corrected chi connectivity index (χ1v) is 6.14. The topological polar surface area (TPSA) is 0 Å². The molecule has 1 aliphatic rings.